The van der Waals surface area contributed by atoms with Crippen molar-refractivity contribution in [2.75, 3.05) is 32.5 Å². The first kappa shape index (κ1) is 21.6. The zero-order chi connectivity index (χ0) is 20.0. The lowest BCUT2D eigenvalue weighted by atomic mass is 10.2. The molecule has 0 aliphatic heterocycles. The van der Waals surface area contributed by atoms with Gasteiger partial charge in [0.1, 0.15) is 5.69 Å². The number of thiazole rings is 1. The highest BCUT2D eigenvalue weighted by atomic mass is 35.5. The summed E-state index contributed by atoms with van der Waals surface area (Å²) in [4.78, 5) is 32.2. The van der Waals surface area contributed by atoms with Crippen LogP contribution >= 0.6 is 34.5 Å². The lowest BCUT2D eigenvalue weighted by Crippen LogP contribution is -2.33. The lowest BCUT2D eigenvalue weighted by Gasteiger charge is -2.23. The van der Waals surface area contributed by atoms with Gasteiger partial charge in [-0.3, -0.25) is 9.59 Å². The number of nitrogens with one attached hydrogen (secondary N) is 1. The predicted octanol–water partition coefficient (Wildman–Crippen LogP) is 4.00. The number of rotatable bonds is 8. The van der Waals surface area contributed by atoms with Crippen LogP contribution in [0.5, 0.6) is 0 Å². The zero-order valence-electron chi connectivity index (χ0n) is 15.5. The third-order valence-electron chi connectivity index (χ3n) is 3.68. The van der Waals surface area contributed by atoms with E-state index in [9.17, 15) is 9.59 Å². The molecule has 2 rings (SSSR count). The van der Waals surface area contributed by atoms with E-state index < -0.39 is 0 Å². The van der Waals surface area contributed by atoms with Crippen molar-refractivity contribution in [3.05, 3.63) is 44.9 Å². The number of hydrogen-bond donors (Lipinski definition) is 1. The molecule has 0 aliphatic rings. The number of halogens is 2. The molecule has 146 valence electrons. The number of carbonyl (C=O) groups excluding carboxylic acids is 2. The minimum atomic E-state index is -0.220. The minimum absolute atomic E-state index is 0.187. The number of hydrogen-bond acceptors (Lipinski definition) is 5. The minimum Gasteiger partial charge on any atom is -0.333 e. The molecule has 2 amide bonds. The first-order valence-corrected chi connectivity index (χ1v) is 10.0. The van der Waals surface area contributed by atoms with Crippen molar-refractivity contribution in [2.24, 2.45) is 0 Å². The van der Waals surface area contributed by atoms with E-state index in [0.717, 1.165) is 18.5 Å². The van der Waals surface area contributed by atoms with Crippen molar-refractivity contribution in [2.45, 2.75) is 19.9 Å². The molecule has 0 bridgehead atoms. The Morgan fingerprint density at radius 3 is 2.56 bits per heavy atom. The molecule has 27 heavy (non-hydrogen) atoms. The molecule has 0 fully saturated rings. The van der Waals surface area contributed by atoms with Crippen molar-refractivity contribution in [3.63, 3.8) is 0 Å². The number of benzene rings is 1. The summed E-state index contributed by atoms with van der Waals surface area (Å²) in [5.41, 5.74) is 1.20. The van der Waals surface area contributed by atoms with Gasteiger partial charge in [0.2, 0.25) is 5.91 Å². The van der Waals surface area contributed by atoms with E-state index in [0.29, 0.717) is 34.0 Å². The van der Waals surface area contributed by atoms with Gasteiger partial charge in [-0.05, 0) is 44.8 Å². The average Bonchev–Trinajstić information content (AvgIpc) is 3.04. The number of nitrogens with zero attached hydrogens (tertiary/aromatic N) is 3. The molecular formula is C18H22Cl2N4O2S. The number of anilines is 1. The molecule has 0 saturated carbocycles. The largest absolute Gasteiger partial charge is 0.333 e. The topological polar surface area (TPSA) is 65.5 Å². The van der Waals surface area contributed by atoms with Crippen molar-refractivity contribution >= 4 is 51.5 Å². The molecule has 1 aromatic carbocycles. The molecule has 0 aliphatic carbocycles. The first-order valence-electron chi connectivity index (χ1n) is 8.37. The number of aromatic nitrogens is 1. The van der Waals surface area contributed by atoms with Crippen LogP contribution in [0.15, 0.2) is 23.6 Å². The van der Waals surface area contributed by atoms with Crippen molar-refractivity contribution in [1.82, 2.24) is 14.8 Å². The van der Waals surface area contributed by atoms with Crippen LogP contribution in [0.1, 0.15) is 29.4 Å². The normalized spacial score (nSPS) is 10.9. The van der Waals surface area contributed by atoms with Gasteiger partial charge in [-0.1, -0.05) is 29.3 Å². The fourth-order valence-electron chi connectivity index (χ4n) is 2.43. The van der Waals surface area contributed by atoms with Crippen LogP contribution in [0, 0.1) is 0 Å². The molecule has 0 saturated heterocycles. The van der Waals surface area contributed by atoms with Crippen LogP contribution in [-0.4, -0.2) is 53.8 Å². The lowest BCUT2D eigenvalue weighted by molar-refractivity contribution is -0.114. The summed E-state index contributed by atoms with van der Waals surface area (Å²) < 4.78 is 0. The standard InChI is InChI=1S/C18H22Cl2N4O2S/c1-12(25)21-18-22-16(11-27-18)17(26)24(8-4-7-23(2)3)10-13-5-6-14(19)15(20)9-13/h5-6,9,11H,4,7-8,10H2,1-3H3,(H,21,22,25). The van der Waals surface area contributed by atoms with E-state index in [4.69, 9.17) is 23.2 Å². The maximum absolute atomic E-state index is 13.0. The Morgan fingerprint density at radius 2 is 1.93 bits per heavy atom. The molecule has 1 N–H and O–H groups in total. The van der Waals surface area contributed by atoms with Crippen LogP contribution < -0.4 is 5.32 Å². The second kappa shape index (κ2) is 10.0. The van der Waals surface area contributed by atoms with Crippen molar-refractivity contribution < 1.29 is 9.59 Å². The van der Waals surface area contributed by atoms with Crippen LogP contribution in [0.2, 0.25) is 10.0 Å². The Labute approximate surface area is 173 Å². The van der Waals surface area contributed by atoms with E-state index in [1.165, 1.54) is 18.3 Å². The van der Waals surface area contributed by atoms with Gasteiger partial charge in [-0.2, -0.15) is 0 Å². The summed E-state index contributed by atoms with van der Waals surface area (Å²) in [5.74, 6) is -0.408. The molecule has 1 heterocycles. The fraction of sp³-hybridized carbons (Fsp3) is 0.389. The third kappa shape index (κ3) is 6.77. The van der Waals surface area contributed by atoms with Crippen molar-refractivity contribution in [1.29, 1.82) is 0 Å². The quantitative estimate of drug-likeness (QED) is 0.689. The second-order valence-electron chi connectivity index (χ2n) is 6.35. The molecule has 6 nitrogen and oxygen atoms in total. The van der Waals surface area contributed by atoms with Gasteiger partial charge < -0.3 is 15.1 Å². The highest BCUT2D eigenvalue weighted by Crippen LogP contribution is 2.24. The predicted molar refractivity (Wildman–Crippen MR) is 111 cm³/mol. The zero-order valence-corrected chi connectivity index (χ0v) is 17.8. The smallest absolute Gasteiger partial charge is 0.273 e. The van der Waals surface area contributed by atoms with Crippen LogP contribution in [0.4, 0.5) is 5.13 Å². The first-order chi connectivity index (χ1) is 12.8. The summed E-state index contributed by atoms with van der Waals surface area (Å²) in [7, 11) is 3.98. The van der Waals surface area contributed by atoms with Gasteiger partial charge in [-0.15, -0.1) is 11.3 Å². The van der Waals surface area contributed by atoms with Crippen LogP contribution in [0.3, 0.4) is 0 Å². The molecule has 0 atom stereocenters. The van der Waals surface area contributed by atoms with E-state index >= 15 is 0 Å². The molecule has 0 unspecified atom stereocenters. The Kier molecular flexibility index (Phi) is 8.04. The summed E-state index contributed by atoms with van der Waals surface area (Å²) >= 11 is 13.3. The Bertz CT molecular complexity index is 810. The third-order valence-corrected chi connectivity index (χ3v) is 5.18. The molecule has 0 radical (unpaired) electrons. The number of carbonyl (C=O) groups is 2. The van der Waals surface area contributed by atoms with Gasteiger partial charge in [-0.25, -0.2) is 4.98 Å². The monoisotopic (exact) mass is 428 g/mol. The van der Waals surface area contributed by atoms with E-state index in [1.807, 2.05) is 20.2 Å². The van der Waals surface area contributed by atoms with Crippen molar-refractivity contribution in [3.8, 4) is 0 Å². The fourth-order valence-corrected chi connectivity index (χ4v) is 3.48. The number of amides is 2. The maximum Gasteiger partial charge on any atom is 0.273 e. The van der Waals surface area contributed by atoms with Gasteiger partial charge in [0, 0.05) is 25.4 Å². The van der Waals surface area contributed by atoms with Gasteiger partial charge in [0.25, 0.3) is 5.91 Å². The Balaban J connectivity index is 2.16. The van der Waals surface area contributed by atoms with Gasteiger partial charge in [0.05, 0.1) is 10.0 Å². The van der Waals surface area contributed by atoms with Gasteiger partial charge in [0.15, 0.2) is 5.13 Å². The van der Waals surface area contributed by atoms with Crippen LogP contribution in [0.25, 0.3) is 0 Å². The van der Waals surface area contributed by atoms with E-state index in [-0.39, 0.29) is 11.8 Å². The SMILES string of the molecule is CC(=O)Nc1nc(C(=O)N(CCCN(C)C)Cc2ccc(Cl)c(Cl)c2)cs1. The molecular weight excluding hydrogens is 407 g/mol. The highest BCUT2D eigenvalue weighted by Gasteiger charge is 2.20. The average molecular weight is 429 g/mol. The summed E-state index contributed by atoms with van der Waals surface area (Å²) in [5, 5.41) is 5.60. The highest BCUT2D eigenvalue weighted by molar-refractivity contribution is 7.14. The Morgan fingerprint density at radius 1 is 1.19 bits per heavy atom. The summed E-state index contributed by atoms with van der Waals surface area (Å²) in [6, 6.07) is 5.34. The molecule has 0 spiro atoms. The molecule has 1 aromatic heterocycles. The Hall–Kier alpha value is -1.67. The second-order valence-corrected chi connectivity index (χ2v) is 8.02. The van der Waals surface area contributed by atoms with Crippen LogP contribution in [-0.2, 0) is 11.3 Å². The molecule has 2 aromatic rings. The summed E-state index contributed by atoms with van der Waals surface area (Å²) in [6.07, 6.45) is 0.822. The van der Waals surface area contributed by atoms with Gasteiger partial charge >= 0.3 is 0 Å². The van der Waals surface area contributed by atoms with E-state index in [1.54, 1.807) is 22.4 Å². The van der Waals surface area contributed by atoms with E-state index in [2.05, 4.69) is 15.2 Å². The molecule has 9 heteroatoms. The maximum atomic E-state index is 13.0. The summed E-state index contributed by atoms with van der Waals surface area (Å²) in [6.45, 7) is 3.24.